The number of aromatic nitrogens is 8. The number of nitrogens with zero attached hydrogens (tertiary/aromatic N) is 6. The first-order chi connectivity index (χ1) is 8.43. The van der Waals surface area contributed by atoms with Gasteiger partial charge in [0.15, 0.2) is 0 Å². The Kier molecular flexibility index (Phi) is 20.0. The normalized spacial score (nSPS) is 7.05. The van der Waals surface area contributed by atoms with Crippen LogP contribution >= 0.6 is 0 Å². The van der Waals surface area contributed by atoms with Gasteiger partial charge in [-0.05, 0) is 20.9 Å². The zero-order valence-corrected chi connectivity index (χ0v) is 14.4. The Morgan fingerprint density at radius 3 is 1.19 bits per heavy atom. The van der Waals surface area contributed by atoms with E-state index in [9.17, 15) is 0 Å². The van der Waals surface area contributed by atoms with Gasteiger partial charge in [-0.1, -0.05) is 10.2 Å². The van der Waals surface area contributed by atoms with Crippen LogP contribution < -0.4 is 21.7 Å². The van der Waals surface area contributed by atoms with Gasteiger partial charge >= 0.3 is 27.3 Å². The molecule has 2 heterocycles. The van der Waals surface area contributed by atoms with Crippen LogP contribution in [0.25, 0.3) is 0 Å². The van der Waals surface area contributed by atoms with E-state index < -0.39 is 11.9 Å². The first-order valence-electron chi connectivity index (χ1n) is 3.84. The summed E-state index contributed by atoms with van der Waals surface area (Å²) in [6.07, 6.45) is 0. The Hall–Kier alpha value is -2.48. The third kappa shape index (κ3) is 17.5. The van der Waals surface area contributed by atoms with Gasteiger partial charge in [0.2, 0.25) is 11.9 Å². The van der Waals surface area contributed by atoms with Crippen molar-refractivity contribution < 1.29 is 58.1 Å². The summed E-state index contributed by atoms with van der Waals surface area (Å²) in [5.74, 6) is -3.88. The van der Waals surface area contributed by atoms with Crippen LogP contribution in [0.1, 0.15) is 0 Å². The number of carbonyl (C=O) groups is 2. The van der Waals surface area contributed by atoms with Gasteiger partial charge in [0.1, 0.15) is 0 Å². The predicted octanol–water partition coefficient (Wildman–Crippen LogP) is -7.80. The van der Waals surface area contributed by atoms with E-state index in [2.05, 4.69) is 41.2 Å². The maximum atomic E-state index is 8.93. The van der Waals surface area contributed by atoms with Gasteiger partial charge in [0.25, 0.3) is 0 Å². The molecule has 0 fully saturated rings. The summed E-state index contributed by atoms with van der Waals surface area (Å²) in [6.45, 7) is 0. The van der Waals surface area contributed by atoms with Crippen LogP contribution in [0.15, 0.2) is 0 Å². The number of nitrogens with one attached hydrogen (secondary N) is 2. The Labute approximate surface area is 135 Å². The van der Waals surface area contributed by atoms with Crippen LogP contribution in [0.3, 0.4) is 0 Å². The second kappa shape index (κ2) is 15.6. The summed E-state index contributed by atoms with van der Waals surface area (Å²) in [5.41, 5.74) is 9.97. The fourth-order valence-electron chi connectivity index (χ4n) is 0.333. The first-order valence-corrected chi connectivity index (χ1v) is 3.84. The number of carbonyl (C=O) groups excluding carboxylic acids is 2. The molecule has 0 aliphatic heterocycles. The predicted molar refractivity (Wildman–Crippen MR) is 56.9 cm³/mol. The topological polar surface area (TPSA) is 307 Å². The van der Waals surface area contributed by atoms with Crippen LogP contribution in [0.2, 0.25) is 0 Å². The average Bonchev–Trinajstić information content (AvgIpc) is 2.93. The summed E-state index contributed by atoms with van der Waals surface area (Å²) in [5, 5.41) is 41.7. The summed E-state index contributed by atoms with van der Waals surface area (Å²) < 4.78 is 0. The van der Waals surface area contributed by atoms with Crippen molar-refractivity contribution in [3.8, 4) is 0 Å². The summed E-state index contributed by atoms with van der Waals surface area (Å²) in [7, 11) is 0. The van der Waals surface area contributed by atoms with Gasteiger partial charge in [-0.15, -0.1) is 0 Å². The number of H-pyrrole nitrogens is 2. The Morgan fingerprint density at radius 1 is 0.857 bits per heavy atom. The van der Waals surface area contributed by atoms with Gasteiger partial charge in [-0.2, -0.15) is 0 Å². The molecule has 0 unspecified atom stereocenters. The van der Waals surface area contributed by atoms with Crippen LogP contribution in [-0.2, 0) is 47.8 Å². The van der Waals surface area contributed by atoms with E-state index in [1.807, 2.05) is 0 Å². The molecule has 17 heteroatoms. The quantitative estimate of drug-likeness (QED) is 0.179. The Balaban J connectivity index is -0.0000000963. The van der Waals surface area contributed by atoms with Gasteiger partial charge in [0, 0.05) is 0 Å². The van der Waals surface area contributed by atoms with Crippen LogP contribution in [-0.4, -0.2) is 53.2 Å². The third-order valence-electron chi connectivity index (χ3n) is 0.890. The molecule has 114 valence electrons. The standard InChI is InChI=1S/C2H2O4.2CH3N5.Cd.2H2O/c3-1(4)2(5)6;2*2-1-3-5-6-4-1;;;/h(H,3,4)(H,5,6);2*(H3,2,3,4,5,6);;2*1H2/q;;;+2;;. The molecule has 0 aliphatic carbocycles. The van der Waals surface area contributed by atoms with E-state index in [1.54, 1.807) is 0 Å². The van der Waals surface area contributed by atoms with Gasteiger partial charge in [0.05, 0.1) is 11.9 Å². The molecule has 16 nitrogen and oxygen atoms in total. The number of carboxylic acids is 2. The second-order valence-corrected chi connectivity index (χ2v) is 2.15. The molecule has 0 saturated heterocycles. The van der Waals surface area contributed by atoms with Crippen LogP contribution in [0, 0.1) is 0 Å². The van der Waals surface area contributed by atoms with Crippen LogP contribution in [0.5, 0.6) is 0 Å². The fraction of sp³-hybridized carbons (Fsp3) is 0. The molecule has 0 saturated carbocycles. The number of hydrogen-bond acceptors (Lipinski definition) is 12. The molecule has 0 aromatic carbocycles. The molecule has 0 atom stereocenters. The first kappa shape index (κ1) is 27.0. The minimum Gasteiger partial charge on any atom is -0.543 e. The molecule has 21 heavy (non-hydrogen) atoms. The molecular weight excluding hydrogens is 397 g/mol. The van der Waals surface area contributed by atoms with E-state index in [4.69, 9.17) is 31.3 Å². The Bertz CT molecular complexity index is 416. The number of nitrogens with two attached hydrogens (primary N) is 2. The summed E-state index contributed by atoms with van der Waals surface area (Å²) in [4.78, 5) is 17.9. The Morgan fingerprint density at radius 2 is 1.14 bits per heavy atom. The zero-order valence-electron chi connectivity index (χ0n) is 10.3. The number of nitrogen functional groups attached to an aromatic ring is 2. The molecular formula is C4H12CdN10O6+2. The number of hydrogen-bond donors (Lipinski definition) is 4. The van der Waals surface area contributed by atoms with E-state index >= 15 is 0 Å². The number of rotatable bonds is 0. The maximum absolute atomic E-state index is 8.93. The van der Waals surface area contributed by atoms with Crippen molar-refractivity contribution >= 4 is 23.8 Å². The largest absolute Gasteiger partial charge is 2.00 e. The number of aromatic amines is 2. The molecule has 0 aliphatic rings. The maximum Gasteiger partial charge on any atom is 2.00 e. The third-order valence-corrected chi connectivity index (χ3v) is 0.890. The number of carboxylic acid groups (broad SMARTS) is 2. The molecule has 12 N–H and O–H groups in total. The monoisotopic (exact) mass is 410 g/mol. The molecule has 0 amide bonds. The molecule has 2 aromatic heterocycles. The van der Waals surface area contributed by atoms with Gasteiger partial charge in [-0.3, -0.25) is 0 Å². The SMILES string of the molecule is Nc1nnn[nH]1.Nc1nnn[nH]1.O=C([O-])C(=O)[O-].[Cd+2].[OH3+].[OH3+]. The van der Waals surface area contributed by atoms with E-state index in [0.29, 0.717) is 0 Å². The molecule has 0 radical (unpaired) electrons. The average molecular weight is 409 g/mol. The summed E-state index contributed by atoms with van der Waals surface area (Å²) in [6, 6.07) is 0. The van der Waals surface area contributed by atoms with Crippen molar-refractivity contribution in [2.75, 3.05) is 11.5 Å². The van der Waals surface area contributed by atoms with Crippen molar-refractivity contribution in [1.82, 2.24) is 41.2 Å². The van der Waals surface area contributed by atoms with Crippen molar-refractivity contribution in [1.29, 1.82) is 0 Å². The van der Waals surface area contributed by atoms with Gasteiger partial charge in [-0.25, -0.2) is 10.2 Å². The molecule has 0 bridgehead atoms. The second-order valence-electron chi connectivity index (χ2n) is 2.15. The molecule has 0 spiro atoms. The van der Waals surface area contributed by atoms with E-state index in [-0.39, 0.29) is 50.1 Å². The number of tetrazole rings is 2. The van der Waals surface area contributed by atoms with E-state index in [1.165, 1.54) is 0 Å². The van der Waals surface area contributed by atoms with E-state index in [0.717, 1.165) is 0 Å². The van der Waals surface area contributed by atoms with Crippen molar-refractivity contribution in [3.05, 3.63) is 0 Å². The molecule has 2 rings (SSSR count). The molecule has 2 aromatic rings. The fourth-order valence-corrected chi connectivity index (χ4v) is 0.333. The van der Waals surface area contributed by atoms with Crippen molar-refractivity contribution in [2.24, 2.45) is 0 Å². The number of aliphatic carboxylic acids is 2. The summed E-state index contributed by atoms with van der Waals surface area (Å²) >= 11 is 0. The smallest absolute Gasteiger partial charge is 0.543 e. The minimum absolute atomic E-state index is 0. The number of anilines is 2. The zero-order chi connectivity index (χ0) is 14.0. The van der Waals surface area contributed by atoms with Crippen molar-refractivity contribution in [3.63, 3.8) is 0 Å². The van der Waals surface area contributed by atoms with Crippen LogP contribution in [0.4, 0.5) is 11.9 Å². The van der Waals surface area contributed by atoms with Crippen molar-refractivity contribution in [2.45, 2.75) is 0 Å². The minimum atomic E-state index is -2.19. The van der Waals surface area contributed by atoms with Gasteiger partial charge < -0.3 is 42.2 Å².